The van der Waals surface area contributed by atoms with E-state index in [1.54, 1.807) is 7.11 Å². The molecule has 3 rings (SSSR count). The van der Waals surface area contributed by atoms with Crippen LogP contribution in [0.15, 0.2) is 48.5 Å². The fourth-order valence-corrected chi connectivity index (χ4v) is 3.26. The lowest BCUT2D eigenvalue weighted by Crippen LogP contribution is -2.29. The minimum atomic E-state index is -0.0999. The molecule has 0 radical (unpaired) electrons. The number of anilines is 1. The van der Waals surface area contributed by atoms with E-state index >= 15 is 0 Å². The van der Waals surface area contributed by atoms with E-state index < -0.39 is 0 Å². The van der Waals surface area contributed by atoms with Crippen molar-refractivity contribution in [1.29, 1.82) is 0 Å². The summed E-state index contributed by atoms with van der Waals surface area (Å²) in [4.78, 5) is 11.4. The number of hydrogen-bond acceptors (Lipinski definition) is 3. The van der Waals surface area contributed by atoms with E-state index in [4.69, 9.17) is 4.74 Å². The molecule has 2 aromatic rings. The second-order valence-electron chi connectivity index (χ2n) is 6.89. The summed E-state index contributed by atoms with van der Waals surface area (Å²) in [5, 5.41) is 6.50. The molecule has 1 saturated carbocycles. The maximum absolute atomic E-state index is 11.4. The smallest absolute Gasteiger partial charge is 0.221 e. The second-order valence-corrected chi connectivity index (χ2v) is 6.89. The van der Waals surface area contributed by atoms with E-state index in [1.165, 1.54) is 25.3 Å². The molecule has 132 valence electrons. The number of benzene rings is 2. The Bertz CT molecular complexity index is 739. The predicted octanol–water partition coefficient (Wildman–Crippen LogP) is 4.04. The van der Waals surface area contributed by atoms with Gasteiger partial charge in [0.05, 0.1) is 12.8 Å². The minimum Gasteiger partial charge on any atom is -0.495 e. The summed E-state index contributed by atoms with van der Waals surface area (Å²) in [6.45, 7) is 4.62. The highest BCUT2D eigenvalue weighted by Crippen LogP contribution is 2.47. The first-order valence-electron chi connectivity index (χ1n) is 8.78. The van der Waals surface area contributed by atoms with Crippen molar-refractivity contribution in [3.8, 4) is 5.75 Å². The molecular formula is C21H26N2O2. The number of ether oxygens (including phenoxy) is 1. The molecule has 0 heterocycles. The third-order valence-corrected chi connectivity index (χ3v) is 5.02. The Kier molecular flexibility index (Phi) is 5.09. The van der Waals surface area contributed by atoms with E-state index in [-0.39, 0.29) is 17.4 Å². The van der Waals surface area contributed by atoms with Crippen LogP contribution in [-0.4, -0.2) is 19.6 Å². The average Bonchev–Trinajstić information content (AvgIpc) is 3.41. The van der Waals surface area contributed by atoms with Crippen molar-refractivity contribution in [2.75, 3.05) is 19.0 Å². The van der Waals surface area contributed by atoms with Crippen molar-refractivity contribution >= 4 is 11.6 Å². The number of amides is 1. The van der Waals surface area contributed by atoms with Gasteiger partial charge >= 0.3 is 0 Å². The van der Waals surface area contributed by atoms with Gasteiger partial charge in [0.25, 0.3) is 0 Å². The molecule has 1 aliphatic rings. The van der Waals surface area contributed by atoms with Crippen molar-refractivity contribution in [3.63, 3.8) is 0 Å². The Morgan fingerprint density at radius 3 is 2.52 bits per heavy atom. The van der Waals surface area contributed by atoms with Crippen LogP contribution in [0.25, 0.3) is 0 Å². The second kappa shape index (κ2) is 7.28. The topological polar surface area (TPSA) is 50.4 Å². The molecule has 2 N–H and O–H groups in total. The molecule has 0 saturated heterocycles. The monoisotopic (exact) mass is 338 g/mol. The zero-order chi connectivity index (χ0) is 17.9. The van der Waals surface area contributed by atoms with Crippen LogP contribution < -0.4 is 15.4 Å². The average molecular weight is 338 g/mol. The highest BCUT2D eigenvalue weighted by Gasteiger charge is 2.43. The highest BCUT2D eigenvalue weighted by atomic mass is 16.5. The van der Waals surface area contributed by atoms with Crippen LogP contribution in [0.4, 0.5) is 5.69 Å². The van der Waals surface area contributed by atoms with Gasteiger partial charge in [-0.2, -0.15) is 0 Å². The Labute approximate surface area is 149 Å². The molecule has 1 unspecified atom stereocenters. The lowest BCUT2D eigenvalue weighted by atomic mass is 9.95. The van der Waals surface area contributed by atoms with Gasteiger partial charge in [0.1, 0.15) is 5.75 Å². The van der Waals surface area contributed by atoms with Gasteiger partial charge < -0.3 is 15.4 Å². The highest BCUT2D eigenvalue weighted by molar-refractivity contribution is 5.90. The number of carbonyl (C=O) groups excluding carboxylic acids is 1. The minimum absolute atomic E-state index is 0.0999. The van der Waals surface area contributed by atoms with Crippen LogP contribution in [0.2, 0.25) is 0 Å². The molecular weight excluding hydrogens is 312 g/mol. The Balaban J connectivity index is 1.69. The molecule has 1 atom stereocenters. The van der Waals surface area contributed by atoms with Gasteiger partial charge in [-0.25, -0.2) is 0 Å². The molecule has 4 nitrogen and oxygen atoms in total. The third kappa shape index (κ3) is 4.02. The first-order valence-corrected chi connectivity index (χ1v) is 8.78. The Morgan fingerprint density at radius 1 is 1.20 bits per heavy atom. The van der Waals surface area contributed by atoms with Crippen molar-refractivity contribution < 1.29 is 9.53 Å². The summed E-state index contributed by atoms with van der Waals surface area (Å²) in [5.74, 6) is 0.575. The third-order valence-electron chi connectivity index (χ3n) is 5.02. The molecule has 1 fully saturated rings. The van der Waals surface area contributed by atoms with E-state index in [2.05, 4.69) is 47.9 Å². The van der Waals surface area contributed by atoms with Crippen LogP contribution in [0.3, 0.4) is 0 Å². The molecule has 0 bridgehead atoms. The quantitative estimate of drug-likeness (QED) is 0.801. The molecule has 2 aromatic carbocycles. The van der Waals surface area contributed by atoms with E-state index in [1.807, 2.05) is 18.2 Å². The summed E-state index contributed by atoms with van der Waals surface area (Å²) in [5.41, 5.74) is 3.55. The van der Waals surface area contributed by atoms with E-state index in [0.717, 1.165) is 12.1 Å². The summed E-state index contributed by atoms with van der Waals surface area (Å²) in [7, 11) is 1.61. The number of hydrogen-bond donors (Lipinski definition) is 2. The lowest BCUT2D eigenvalue weighted by molar-refractivity contribution is -0.114. The normalized spacial score (nSPS) is 16.1. The van der Waals surface area contributed by atoms with Gasteiger partial charge in [0, 0.05) is 24.9 Å². The van der Waals surface area contributed by atoms with Gasteiger partial charge in [0.15, 0.2) is 0 Å². The van der Waals surface area contributed by atoms with Crippen molar-refractivity contribution in [3.05, 3.63) is 59.7 Å². The number of carbonyl (C=O) groups is 1. The largest absolute Gasteiger partial charge is 0.495 e. The molecule has 1 aliphatic carbocycles. The lowest BCUT2D eigenvalue weighted by Gasteiger charge is -2.22. The first kappa shape index (κ1) is 17.5. The number of rotatable bonds is 7. The summed E-state index contributed by atoms with van der Waals surface area (Å²) in [6, 6.07) is 16.9. The maximum atomic E-state index is 11.4. The van der Waals surface area contributed by atoms with Crippen molar-refractivity contribution in [1.82, 2.24) is 5.32 Å². The van der Waals surface area contributed by atoms with Gasteiger partial charge in [-0.05, 0) is 43.0 Å². The van der Waals surface area contributed by atoms with Crippen molar-refractivity contribution in [2.24, 2.45) is 0 Å². The van der Waals surface area contributed by atoms with Gasteiger partial charge in [-0.1, -0.05) is 36.4 Å². The fraction of sp³-hybridized carbons (Fsp3) is 0.381. The first-order chi connectivity index (χ1) is 12.0. The molecule has 25 heavy (non-hydrogen) atoms. The van der Waals surface area contributed by atoms with Crippen LogP contribution >= 0.6 is 0 Å². The summed E-state index contributed by atoms with van der Waals surface area (Å²) < 4.78 is 5.33. The van der Waals surface area contributed by atoms with Gasteiger partial charge in [0.2, 0.25) is 5.91 Å². The van der Waals surface area contributed by atoms with Crippen LogP contribution in [0.1, 0.15) is 43.9 Å². The molecule has 0 spiro atoms. The number of methoxy groups -OCH3 is 1. The summed E-state index contributed by atoms with van der Waals surface area (Å²) >= 11 is 0. The molecule has 4 heteroatoms. The fourth-order valence-electron chi connectivity index (χ4n) is 3.26. The van der Waals surface area contributed by atoms with Gasteiger partial charge in [-0.15, -0.1) is 0 Å². The Hall–Kier alpha value is -2.33. The molecule has 0 aliphatic heterocycles. The number of nitrogens with one attached hydrogen (secondary N) is 2. The maximum Gasteiger partial charge on any atom is 0.221 e. The van der Waals surface area contributed by atoms with Crippen molar-refractivity contribution in [2.45, 2.75) is 38.1 Å². The zero-order valence-corrected chi connectivity index (χ0v) is 15.1. The molecule has 1 amide bonds. The summed E-state index contributed by atoms with van der Waals surface area (Å²) in [6.07, 6.45) is 2.47. The Morgan fingerprint density at radius 2 is 1.92 bits per heavy atom. The van der Waals surface area contributed by atoms with Gasteiger partial charge in [-0.3, -0.25) is 4.79 Å². The predicted molar refractivity (Wildman–Crippen MR) is 101 cm³/mol. The molecule has 0 aromatic heterocycles. The van der Waals surface area contributed by atoms with Crippen LogP contribution in [0, 0.1) is 0 Å². The van der Waals surface area contributed by atoms with Crippen LogP contribution in [0.5, 0.6) is 5.75 Å². The standard InChI is InChI=1S/C21H26N2O2/c1-15(17-9-10-20(25-3)19(13-17)23-16(2)24)22-14-21(11-12-21)18-7-5-4-6-8-18/h4-10,13,15,22H,11-12,14H2,1-3H3,(H,23,24). The van der Waals surface area contributed by atoms with E-state index in [9.17, 15) is 4.79 Å². The SMILES string of the molecule is COc1ccc(C(C)NCC2(c3ccccc3)CC2)cc1NC(C)=O. The van der Waals surface area contributed by atoms with E-state index in [0.29, 0.717) is 11.4 Å². The van der Waals surface area contributed by atoms with Crippen LogP contribution in [-0.2, 0) is 10.2 Å². The zero-order valence-electron chi connectivity index (χ0n) is 15.1.